The summed E-state index contributed by atoms with van der Waals surface area (Å²) < 4.78 is 5.30. The molecule has 0 aliphatic carbocycles. The Bertz CT molecular complexity index is 938. The van der Waals surface area contributed by atoms with Crippen LogP contribution in [0.1, 0.15) is 44.9 Å². The lowest BCUT2D eigenvalue weighted by Crippen LogP contribution is -2.46. The van der Waals surface area contributed by atoms with Gasteiger partial charge in [-0.2, -0.15) is 0 Å². The van der Waals surface area contributed by atoms with Gasteiger partial charge >= 0.3 is 6.09 Å². The first-order valence-corrected chi connectivity index (χ1v) is 11.3. The topological polar surface area (TPSA) is 77.7 Å². The molecule has 7 nitrogen and oxygen atoms in total. The predicted octanol–water partition coefficient (Wildman–Crippen LogP) is 3.29. The van der Waals surface area contributed by atoms with Crippen molar-refractivity contribution in [2.75, 3.05) is 32.7 Å². The highest BCUT2D eigenvalue weighted by Gasteiger charge is 2.27. The summed E-state index contributed by atoms with van der Waals surface area (Å²) >= 11 is 0. The zero-order valence-corrected chi connectivity index (χ0v) is 18.9. The lowest BCUT2D eigenvalue weighted by Gasteiger charge is -2.34. The largest absolute Gasteiger partial charge is 0.444 e. The third kappa shape index (κ3) is 5.39. The fraction of sp³-hybridized carbons (Fsp3) is 0.583. The van der Waals surface area contributed by atoms with Gasteiger partial charge in [0.15, 0.2) is 0 Å². The molecule has 2 aliphatic rings. The lowest BCUT2D eigenvalue weighted by molar-refractivity contribution is -0.133. The number of fused-ring (bicyclic) bond motifs is 3. The molecule has 0 bridgehead atoms. The normalized spacial score (nSPS) is 18.1. The van der Waals surface area contributed by atoms with Gasteiger partial charge in [-0.1, -0.05) is 18.2 Å². The molecular formula is C24H34N4O3. The molecule has 0 unspecified atom stereocenters. The number of rotatable bonds is 4. The van der Waals surface area contributed by atoms with Crippen LogP contribution in [0.2, 0.25) is 0 Å². The summed E-state index contributed by atoms with van der Waals surface area (Å²) in [5.74, 6) is 0.642. The summed E-state index contributed by atoms with van der Waals surface area (Å²) in [7, 11) is 0. The Balaban J connectivity index is 1.23. The fourth-order valence-corrected chi connectivity index (χ4v) is 4.56. The number of piperidine rings is 1. The third-order valence-electron chi connectivity index (χ3n) is 6.24. The Kier molecular flexibility index (Phi) is 6.23. The molecule has 3 heterocycles. The first kappa shape index (κ1) is 21.7. The van der Waals surface area contributed by atoms with Crippen molar-refractivity contribution in [2.24, 2.45) is 5.92 Å². The van der Waals surface area contributed by atoms with Gasteiger partial charge in [0.05, 0.1) is 6.54 Å². The molecular weight excluding hydrogens is 392 g/mol. The molecule has 7 heteroatoms. The summed E-state index contributed by atoms with van der Waals surface area (Å²) in [5, 5.41) is 4.11. The number of H-pyrrole nitrogens is 1. The van der Waals surface area contributed by atoms with Crippen molar-refractivity contribution in [3.8, 4) is 0 Å². The second-order valence-electron chi connectivity index (χ2n) is 9.80. The van der Waals surface area contributed by atoms with E-state index >= 15 is 0 Å². The van der Waals surface area contributed by atoms with Crippen molar-refractivity contribution in [1.29, 1.82) is 0 Å². The molecule has 2 aliphatic heterocycles. The van der Waals surface area contributed by atoms with Gasteiger partial charge < -0.3 is 19.9 Å². The van der Waals surface area contributed by atoms with E-state index in [4.69, 9.17) is 4.74 Å². The summed E-state index contributed by atoms with van der Waals surface area (Å²) in [5.41, 5.74) is 3.21. The van der Waals surface area contributed by atoms with E-state index in [1.807, 2.05) is 31.7 Å². The molecule has 2 amide bonds. The number of nitrogens with one attached hydrogen (secondary N) is 2. The Morgan fingerprint density at radius 2 is 1.90 bits per heavy atom. The molecule has 2 aromatic rings. The molecule has 31 heavy (non-hydrogen) atoms. The monoisotopic (exact) mass is 426 g/mol. The molecule has 2 N–H and O–H groups in total. The second-order valence-corrected chi connectivity index (χ2v) is 9.80. The number of aromatic amines is 1. The van der Waals surface area contributed by atoms with E-state index in [2.05, 4.69) is 33.4 Å². The van der Waals surface area contributed by atoms with Gasteiger partial charge in [-0.25, -0.2) is 4.79 Å². The smallest absolute Gasteiger partial charge is 0.407 e. The van der Waals surface area contributed by atoms with Crippen molar-refractivity contribution < 1.29 is 14.3 Å². The molecule has 1 aromatic heterocycles. The SMILES string of the molecule is CC(C)(C)OC(=O)NCC1CCN(CC(=O)N2CCc3[nH]c4ccccc4c3C2)CC1. The summed E-state index contributed by atoms with van der Waals surface area (Å²) in [6.45, 7) is 9.94. The van der Waals surface area contributed by atoms with Gasteiger partial charge in [0.2, 0.25) is 5.91 Å². The zero-order valence-electron chi connectivity index (χ0n) is 18.9. The fourth-order valence-electron chi connectivity index (χ4n) is 4.56. The van der Waals surface area contributed by atoms with Gasteiger partial charge in [0, 0.05) is 48.2 Å². The molecule has 0 radical (unpaired) electrons. The van der Waals surface area contributed by atoms with Crippen LogP contribution in [-0.2, 0) is 22.5 Å². The maximum atomic E-state index is 13.0. The average molecular weight is 427 g/mol. The van der Waals surface area contributed by atoms with Gasteiger partial charge in [-0.15, -0.1) is 0 Å². The van der Waals surface area contributed by atoms with Crippen LogP contribution < -0.4 is 5.32 Å². The average Bonchev–Trinajstić information content (AvgIpc) is 3.10. The minimum absolute atomic E-state index is 0.210. The van der Waals surface area contributed by atoms with Crippen LogP contribution in [0.4, 0.5) is 4.79 Å². The molecule has 1 saturated heterocycles. The van der Waals surface area contributed by atoms with Gasteiger partial charge in [0.25, 0.3) is 0 Å². The first-order chi connectivity index (χ1) is 14.8. The molecule has 4 rings (SSSR count). The summed E-state index contributed by atoms with van der Waals surface area (Å²) in [6, 6.07) is 8.33. The number of nitrogens with zero attached hydrogens (tertiary/aromatic N) is 2. The predicted molar refractivity (Wildman–Crippen MR) is 121 cm³/mol. The first-order valence-electron chi connectivity index (χ1n) is 11.3. The minimum atomic E-state index is -0.476. The van der Waals surface area contributed by atoms with Crippen LogP contribution in [0.15, 0.2) is 24.3 Å². The van der Waals surface area contributed by atoms with Crippen molar-refractivity contribution in [3.63, 3.8) is 0 Å². The van der Waals surface area contributed by atoms with E-state index in [1.165, 1.54) is 16.6 Å². The molecule has 0 atom stereocenters. The summed E-state index contributed by atoms with van der Waals surface area (Å²) in [4.78, 5) is 32.6. The van der Waals surface area contributed by atoms with Crippen LogP contribution in [0.5, 0.6) is 0 Å². The highest BCUT2D eigenvalue weighted by atomic mass is 16.6. The Morgan fingerprint density at radius 3 is 2.65 bits per heavy atom. The number of aromatic nitrogens is 1. The minimum Gasteiger partial charge on any atom is -0.444 e. The maximum absolute atomic E-state index is 13.0. The van der Waals surface area contributed by atoms with Crippen molar-refractivity contribution in [2.45, 2.75) is 52.2 Å². The third-order valence-corrected chi connectivity index (χ3v) is 6.24. The number of ether oxygens (including phenoxy) is 1. The zero-order chi connectivity index (χ0) is 22.0. The second kappa shape index (κ2) is 8.91. The van der Waals surface area contributed by atoms with E-state index in [1.54, 1.807) is 0 Å². The van der Waals surface area contributed by atoms with Crippen LogP contribution in [0.3, 0.4) is 0 Å². The number of likely N-dealkylation sites (tertiary alicyclic amines) is 1. The number of benzene rings is 1. The summed E-state index contributed by atoms with van der Waals surface area (Å²) in [6.07, 6.45) is 2.49. The van der Waals surface area contributed by atoms with Gasteiger partial charge in [-0.05, 0) is 58.7 Å². The van der Waals surface area contributed by atoms with E-state index in [-0.39, 0.29) is 12.0 Å². The number of alkyl carbamates (subject to hydrolysis) is 1. The van der Waals surface area contributed by atoms with E-state index in [9.17, 15) is 9.59 Å². The number of para-hydroxylation sites is 1. The molecule has 1 fully saturated rings. The molecule has 0 spiro atoms. The number of hydrogen-bond acceptors (Lipinski definition) is 4. The molecule has 1 aromatic carbocycles. The maximum Gasteiger partial charge on any atom is 0.407 e. The number of carbonyl (C=O) groups is 2. The Labute approximate surface area is 184 Å². The van der Waals surface area contributed by atoms with E-state index in [0.717, 1.165) is 44.4 Å². The van der Waals surface area contributed by atoms with Crippen LogP contribution in [-0.4, -0.2) is 65.1 Å². The van der Waals surface area contributed by atoms with Gasteiger partial charge in [-0.3, -0.25) is 9.69 Å². The lowest BCUT2D eigenvalue weighted by atomic mass is 9.97. The van der Waals surface area contributed by atoms with E-state index in [0.29, 0.717) is 25.6 Å². The highest BCUT2D eigenvalue weighted by Crippen LogP contribution is 2.27. The van der Waals surface area contributed by atoms with Crippen LogP contribution >= 0.6 is 0 Å². The van der Waals surface area contributed by atoms with E-state index < -0.39 is 5.60 Å². The quantitative estimate of drug-likeness (QED) is 0.787. The molecule has 0 saturated carbocycles. The molecule has 168 valence electrons. The Morgan fingerprint density at radius 1 is 1.16 bits per heavy atom. The Hall–Kier alpha value is -2.54. The van der Waals surface area contributed by atoms with Crippen molar-refractivity contribution in [3.05, 3.63) is 35.5 Å². The van der Waals surface area contributed by atoms with Crippen LogP contribution in [0, 0.1) is 5.92 Å². The standard InChI is InChI=1S/C24H34N4O3/c1-24(2,3)31-23(30)25-14-17-8-11-27(12-9-17)16-22(29)28-13-10-21-19(15-28)18-6-4-5-7-20(18)26-21/h4-7,17,26H,8-16H2,1-3H3,(H,25,30). The van der Waals surface area contributed by atoms with Crippen LogP contribution in [0.25, 0.3) is 10.9 Å². The highest BCUT2D eigenvalue weighted by molar-refractivity contribution is 5.86. The number of amides is 2. The van der Waals surface area contributed by atoms with Crippen molar-refractivity contribution in [1.82, 2.24) is 20.1 Å². The number of hydrogen-bond donors (Lipinski definition) is 2. The van der Waals surface area contributed by atoms with Gasteiger partial charge in [0.1, 0.15) is 5.60 Å². The van der Waals surface area contributed by atoms with Crippen molar-refractivity contribution >= 4 is 22.9 Å². The number of carbonyl (C=O) groups excluding carboxylic acids is 2.